The Hall–Kier alpha value is -2.58. The van der Waals surface area contributed by atoms with Gasteiger partial charge in [-0.3, -0.25) is 34.3 Å². The average Bonchev–Trinajstić information content (AvgIpc) is 3.41. The van der Waals surface area contributed by atoms with Gasteiger partial charge in [0, 0.05) is 25.0 Å². The summed E-state index contributed by atoms with van der Waals surface area (Å²) in [6.45, 7) is 2.74. The maximum atomic E-state index is 13.4. The van der Waals surface area contributed by atoms with Crippen LogP contribution in [0.25, 0.3) is 0 Å². The van der Waals surface area contributed by atoms with Gasteiger partial charge in [-0.15, -0.1) is 0 Å². The van der Waals surface area contributed by atoms with Crippen molar-refractivity contribution in [2.24, 2.45) is 0 Å². The fraction of sp³-hybridized carbons (Fsp3) is 0.600. The summed E-state index contributed by atoms with van der Waals surface area (Å²) in [7, 11) is 0. The van der Waals surface area contributed by atoms with E-state index in [0.717, 1.165) is 42.8 Å². The van der Waals surface area contributed by atoms with E-state index >= 15 is 0 Å². The quantitative estimate of drug-likeness (QED) is 0.641. The molecule has 4 amide bonds. The highest BCUT2D eigenvalue weighted by Crippen LogP contribution is 2.32. The predicted molar refractivity (Wildman–Crippen MR) is 121 cm³/mol. The maximum absolute atomic E-state index is 13.4. The van der Waals surface area contributed by atoms with E-state index in [1.54, 1.807) is 6.07 Å². The van der Waals surface area contributed by atoms with E-state index in [9.17, 15) is 19.2 Å². The SMILES string of the molecule is O=C1CCC(N2C(=O)c3cccc(CN4CCCCC4CC[C@@H]4CCCN4)c3C2=O)C(=O)N1. The summed E-state index contributed by atoms with van der Waals surface area (Å²) in [6.07, 6.45) is 8.67. The Morgan fingerprint density at radius 3 is 2.61 bits per heavy atom. The van der Waals surface area contributed by atoms with E-state index in [1.807, 2.05) is 12.1 Å². The standard InChI is InChI=1S/C25H32N4O4/c30-21-12-11-20(23(31)27-21)29-24(32)19-8-3-5-16(22(19)25(29)33)15-28-14-2-1-7-18(28)10-9-17-6-4-13-26-17/h3,5,8,17-18,20,26H,1-2,4,6-7,9-15H2,(H,27,30,31)/t17-,18?,20?/m0/s1. The van der Waals surface area contributed by atoms with Gasteiger partial charge in [-0.2, -0.15) is 0 Å². The van der Waals surface area contributed by atoms with Gasteiger partial charge in [0.1, 0.15) is 6.04 Å². The Balaban J connectivity index is 1.34. The lowest BCUT2D eigenvalue weighted by Crippen LogP contribution is -2.54. The van der Waals surface area contributed by atoms with Crippen LogP contribution in [-0.4, -0.2) is 64.6 Å². The van der Waals surface area contributed by atoms with Crippen LogP contribution in [0.2, 0.25) is 0 Å². The minimum Gasteiger partial charge on any atom is -0.314 e. The first-order chi connectivity index (χ1) is 16.0. The van der Waals surface area contributed by atoms with Gasteiger partial charge in [-0.1, -0.05) is 18.6 Å². The number of amides is 4. The second-order valence-corrected chi connectivity index (χ2v) is 9.78. The van der Waals surface area contributed by atoms with Crippen molar-refractivity contribution in [3.05, 3.63) is 34.9 Å². The molecule has 4 aliphatic heterocycles. The molecule has 3 fully saturated rings. The van der Waals surface area contributed by atoms with Crippen molar-refractivity contribution in [2.75, 3.05) is 13.1 Å². The molecule has 0 radical (unpaired) electrons. The van der Waals surface area contributed by atoms with Crippen molar-refractivity contribution < 1.29 is 19.2 Å². The zero-order valence-corrected chi connectivity index (χ0v) is 19.0. The zero-order chi connectivity index (χ0) is 22.9. The van der Waals surface area contributed by atoms with Crippen molar-refractivity contribution in [3.8, 4) is 0 Å². The molecular weight excluding hydrogens is 420 g/mol. The summed E-state index contributed by atoms with van der Waals surface area (Å²) in [5.74, 6) is -1.78. The van der Waals surface area contributed by atoms with Crippen LogP contribution in [0.15, 0.2) is 18.2 Å². The number of benzene rings is 1. The topological polar surface area (TPSA) is 98.8 Å². The number of nitrogens with one attached hydrogen (secondary N) is 2. The summed E-state index contributed by atoms with van der Waals surface area (Å²) >= 11 is 0. The first kappa shape index (κ1) is 22.2. The molecular formula is C25H32N4O4. The molecule has 3 saturated heterocycles. The summed E-state index contributed by atoms with van der Waals surface area (Å²) in [4.78, 5) is 53.9. The maximum Gasteiger partial charge on any atom is 0.262 e. The smallest absolute Gasteiger partial charge is 0.262 e. The number of fused-ring (bicyclic) bond motifs is 1. The van der Waals surface area contributed by atoms with E-state index in [-0.39, 0.29) is 18.7 Å². The van der Waals surface area contributed by atoms with Crippen molar-refractivity contribution in [1.29, 1.82) is 0 Å². The van der Waals surface area contributed by atoms with E-state index < -0.39 is 23.8 Å². The minimum atomic E-state index is -0.926. The molecule has 0 aromatic heterocycles. The van der Waals surface area contributed by atoms with Gasteiger partial charge in [0.15, 0.2) is 0 Å². The molecule has 5 rings (SSSR count). The third-order valence-corrected chi connectivity index (χ3v) is 7.69. The van der Waals surface area contributed by atoms with Gasteiger partial charge in [-0.25, -0.2) is 0 Å². The van der Waals surface area contributed by atoms with E-state index in [0.29, 0.717) is 29.8 Å². The summed E-state index contributed by atoms with van der Waals surface area (Å²) in [5, 5.41) is 5.85. The van der Waals surface area contributed by atoms with Gasteiger partial charge < -0.3 is 5.32 Å². The van der Waals surface area contributed by atoms with Gasteiger partial charge in [0.2, 0.25) is 11.8 Å². The average molecular weight is 453 g/mol. The lowest BCUT2D eigenvalue weighted by molar-refractivity contribution is -0.136. The van der Waals surface area contributed by atoms with Crippen LogP contribution in [-0.2, 0) is 16.1 Å². The molecule has 4 heterocycles. The minimum absolute atomic E-state index is 0.127. The number of rotatable bonds is 6. The normalized spacial score (nSPS) is 28.4. The fourth-order valence-corrected chi connectivity index (χ4v) is 5.93. The van der Waals surface area contributed by atoms with Crippen LogP contribution in [0.5, 0.6) is 0 Å². The molecule has 3 atom stereocenters. The van der Waals surface area contributed by atoms with Crippen LogP contribution >= 0.6 is 0 Å². The van der Waals surface area contributed by atoms with Gasteiger partial charge in [0.05, 0.1) is 11.1 Å². The Labute approximate surface area is 194 Å². The third-order valence-electron chi connectivity index (χ3n) is 7.69. The van der Waals surface area contributed by atoms with E-state index in [1.165, 1.54) is 25.7 Å². The molecule has 2 unspecified atom stereocenters. The molecule has 1 aromatic rings. The fourth-order valence-electron chi connectivity index (χ4n) is 5.93. The molecule has 176 valence electrons. The first-order valence-electron chi connectivity index (χ1n) is 12.3. The van der Waals surface area contributed by atoms with E-state index in [4.69, 9.17) is 0 Å². The van der Waals surface area contributed by atoms with Crippen molar-refractivity contribution in [1.82, 2.24) is 20.4 Å². The Bertz CT molecular complexity index is 971. The van der Waals surface area contributed by atoms with Gasteiger partial charge in [0.25, 0.3) is 11.8 Å². The van der Waals surface area contributed by atoms with Crippen LogP contribution in [0, 0.1) is 0 Å². The molecule has 4 aliphatic rings. The van der Waals surface area contributed by atoms with Crippen LogP contribution < -0.4 is 10.6 Å². The molecule has 0 spiro atoms. The molecule has 8 heteroatoms. The molecule has 1 aromatic carbocycles. The monoisotopic (exact) mass is 452 g/mol. The Morgan fingerprint density at radius 2 is 1.82 bits per heavy atom. The van der Waals surface area contributed by atoms with E-state index in [2.05, 4.69) is 15.5 Å². The summed E-state index contributed by atoms with van der Waals surface area (Å²) in [5.41, 5.74) is 1.64. The molecule has 0 bridgehead atoms. The lowest BCUT2D eigenvalue weighted by Gasteiger charge is -2.36. The van der Waals surface area contributed by atoms with Crippen LogP contribution in [0.3, 0.4) is 0 Å². The molecule has 0 aliphatic carbocycles. The highest BCUT2D eigenvalue weighted by molar-refractivity contribution is 6.24. The lowest BCUT2D eigenvalue weighted by atomic mass is 9.94. The van der Waals surface area contributed by atoms with Crippen LogP contribution in [0.4, 0.5) is 0 Å². The van der Waals surface area contributed by atoms with Crippen molar-refractivity contribution in [3.63, 3.8) is 0 Å². The third kappa shape index (κ3) is 4.34. The van der Waals surface area contributed by atoms with Crippen molar-refractivity contribution in [2.45, 2.75) is 82.5 Å². The number of carbonyl (C=O) groups is 4. The second-order valence-electron chi connectivity index (χ2n) is 9.78. The number of carbonyl (C=O) groups excluding carboxylic acids is 4. The largest absolute Gasteiger partial charge is 0.314 e. The first-order valence-corrected chi connectivity index (χ1v) is 12.3. The van der Waals surface area contributed by atoms with Gasteiger partial charge in [-0.05, 0) is 69.7 Å². The van der Waals surface area contributed by atoms with Gasteiger partial charge >= 0.3 is 0 Å². The second kappa shape index (κ2) is 9.35. The number of imide groups is 2. The molecule has 8 nitrogen and oxygen atoms in total. The Morgan fingerprint density at radius 1 is 0.939 bits per heavy atom. The Kier molecular flexibility index (Phi) is 6.29. The molecule has 33 heavy (non-hydrogen) atoms. The molecule has 2 N–H and O–H groups in total. The highest BCUT2D eigenvalue weighted by Gasteiger charge is 2.45. The number of piperidine rings is 2. The zero-order valence-electron chi connectivity index (χ0n) is 19.0. The van der Waals surface area contributed by atoms with Crippen LogP contribution in [0.1, 0.15) is 84.1 Å². The summed E-state index contributed by atoms with van der Waals surface area (Å²) in [6, 6.07) is 5.61. The molecule has 0 saturated carbocycles. The highest BCUT2D eigenvalue weighted by atomic mass is 16.2. The number of hydrogen-bond donors (Lipinski definition) is 2. The number of nitrogens with zero attached hydrogens (tertiary/aromatic N) is 2. The number of likely N-dealkylation sites (tertiary alicyclic amines) is 1. The summed E-state index contributed by atoms with van der Waals surface area (Å²) < 4.78 is 0. The predicted octanol–water partition coefficient (Wildman–Crippen LogP) is 1.97. The van der Waals surface area contributed by atoms with Crippen molar-refractivity contribution >= 4 is 23.6 Å². The number of hydrogen-bond acceptors (Lipinski definition) is 6.